The number of aryl methyl sites for hydroxylation is 1. The van der Waals surface area contributed by atoms with Gasteiger partial charge in [0.25, 0.3) is 0 Å². The van der Waals surface area contributed by atoms with Crippen molar-refractivity contribution in [3.05, 3.63) is 29.3 Å². The topological polar surface area (TPSA) is 57.2 Å². The summed E-state index contributed by atoms with van der Waals surface area (Å²) in [5, 5.41) is 8.63. The normalized spacial score (nSPS) is 11.1. The number of halogens is 1. The van der Waals surface area contributed by atoms with Crippen LogP contribution < -0.4 is 4.74 Å². The number of hydrogen-bond donors (Lipinski definition) is 0. The molecule has 0 bridgehead atoms. The molecule has 19 heavy (non-hydrogen) atoms. The summed E-state index contributed by atoms with van der Waals surface area (Å²) in [7, 11) is 1.88. The van der Waals surface area contributed by atoms with Gasteiger partial charge in [-0.1, -0.05) is 0 Å². The van der Waals surface area contributed by atoms with E-state index in [0.29, 0.717) is 12.5 Å². The third-order valence-corrected chi connectivity index (χ3v) is 3.25. The van der Waals surface area contributed by atoms with E-state index in [0.717, 1.165) is 21.4 Å². The molecule has 0 N–H and O–H groups in total. The number of ether oxygens (including phenoxy) is 1. The predicted molar refractivity (Wildman–Crippen MR) is 74.1 cm³/mol. The van der Waals surface area contributed by atoms with Crippen LogP contribution in [0.15, 0.2) is 29.3 Å². The molecule has 3 aromatic heterocycles. The summed E-state index contributed by atoms with van der Waals surface area (Å²) < 4.78 is 9.85. The summed E-state index contributed by atoms with van der Waals surface area (Å²) in [4.78, 5) is 4.28. The molecule has 0 atom stereocenters. The van der Waals surface area contributed by atoms with Crippen molar-refractivity contribution in [3.63, 3.8) is 0 Å². The summed E-state index contributed by atoms with van der Waals surface area (Å²) in [6, 6.07) is 1.94. The third kappa shape index (κ3) is 2.10. The molecule has 0 radical (unpaired) electrons. The van der Waals surface area contributed by atoms with E-state index in [9.17, 15) is 0 Å². The standard InChI is InChI=1S/C12H12BrN5O/c1-3-19-12-9(8-5-15-17(2)7-8)4-11-14-6-10(13)18(11)16-12/h4-7H,3H2,1-2H3. The number of aromatic nitrogens is 5. The van der Waals surface area contributed by atoms with Crippen molar-refractivity contribution in [2.75, 3.05) is 6.61 Å². The summed E-state index contributed by atoms with van der Waals surface area (Å²) in [5.74, 6) is 0.571. The Labute approximate surface area is 118 Å². The Morgan fingerprint density at radius 2 is 2.21 bits per heavy atom. The van der Waals surface area contributed by atoms with Crippen LogP contribution in [0.2, 0.25) is 0 Å². The highest BCUT2D eigenvalue weighted by molar-refractivity contribution is 9.10. The Balaban J connectivity index is 2.23. The van der Waals surface area contributed by atoms with Crippen molar-refractivity contribution in [2.45, 2.75) is 6.92 Å². The monoisotopic (exact) mass is 321 g/mol. The second-order valence-electron chi connectivity index (χ2n) is 4.05. The SMILES string of the molecule is CCOc1nn2c(Br)cnc2cc1-c1cnn(C)c1. The molecule has 3 aromatic rings. The summed E-state index contributed by atoms with van der Waals surface area (Å²) in [6.45, 7) is 2.49. The van der Waals surface area contributed by atoms with E-state index >= 15 is 0 Å². The molecule has 98 valence electrons. The fourth-order valence-electron chi connectivity index (χ4n) is 1.88. The van der Waals surface area contributed by atoms with E-state index in [2.05, 4.69) is 31.1 Å². The summed E-state index contributed by atoms with van der Waals surface area (Å²) in [6.07, 6.45) is 5.42. The van der Waals surface area contributed by atoms with Crippen molar-refractivity contribution in [2.24, 2.45) is 7.05 Å². The number of fused-ring (bicyclic) bond motifs is 1. The third-order valence-electron chi connectivity index (χ3n) is 2.71. The van der Waals surface area contributed by atoms with Gasteiger partial charge in [0.1, 0.15) is 4.60 Å². The van der Waals surface area contributed by atoms with E-state index in [1.165, 1.54) is 0 Å². The van der Waals surface area contributed by atoms with Crippen LogP contribution in [-0.4, -0.2) is 31.0 Å². The molecule has 0 amide bonds. The molecule has 0 saturated heterocycles. The Hall–Kier alpha value is -1.89. The van der Waals surface area contributed by atoms with Gasteiger partial charge in [-0.2, -0.15) is 5.10 Å². The lowest BCUT2D eigenvalue weighted by Crippen LogP contribution is -2.02. The Morgan fingerprint density at radius 1 is 1.37 bits per heavy atom. The molecular weight excluding hydrogens is 310 g/mol. The van der Waals surface area contributed by atoms with Gasteiger partial charge in [0.15, 0.2) is 5.65 Å². The van der Waals surface area contributed by atoms with Crippen LogP contribution in [0.1, 0.15) is 6.92 Å². The average molecular weight is 322 g/mol. The molecule has 3 heterocycles. The maximum absolute atomic E-state index is 5.62. The first-order valence-corrected chi connectivity index (χ1v) is 6.64. The van der Waals surface area contributed by atoms with Crippen molar-refractivity contribution in [3.8, 4) is 17.0 Å². The zero-order valence-corrected chi connectivity index (χ0v) is 12.1. The van der Waals surface area contributed by atoms with Gasteiger partial charge in [-0.15, -0.1) is 5.10 Å². The van der Waals surface area contributed by atoms with Crippen LogP contribution in [0, 0.1) is 0 Å². The largest absolute Gasteiger partial charge is 0.476 e. The van der Waals surface area contributed by atoms with Crippen LogP contribution in [0.3, 0.4) is 0 Å². The summed E-state index contributed by atoms with van der Waals surface area (Å²) in [5.41, 5.74) is 2.61. The minimum Gasteiger partial charge on any atom is -0.476 e. The second kappa shape index (κ2) is 4.65. The first-order chi connectivity index (χ1) is 9.19. The van der Waals surface area contributed by atoms with Gasteiger partial charge in [-0.05, 0) is 28.9 Å². The van der Waals surface area contributed by atoms with Crippen LogP contribution in [0.25, 0.3) is 16.8 Å². The number of rotatable bonds is 3. The molecule has 0 spiro atoms. The molecule has 0 unspecified atom stereocenters. The lowest BCUT2D eigenvalue weighted by Gasteiger charge is -2.08. The van der Waals surface area contributed by atoms with Gasteiger partial charge >= 0.3 is 0 Å². The van der Waals surface area contributed by atoms with Crippen LogP contribution in [0.5, 0.6) is 5.88 Å². The van der Waals surface area contributed by atoms with Gasteiger partial charge in [-0.25, -0.2) is 9.50 Å². The number of imidazole rings is 1. The minimum absolute atomic E-state index is 0.554. The summed E-state index contributed by atoms with van der Waals surface area (Å²) >= 11 is 3.40. The minimum atomic E-state index is 0.554. The Kier molecular flexibility index (Phi) is 2.98. The molecular formula is C12H12BrN5O. The molecule has 0 saturated carbocycles. The van der Waals surface area contributed by atoms with E-state index in [4.69, 9.17) is 4.74 Å². The molecule has 0 aromatic carbocycles. The smallest absolute Gasteiger partial charge is 0.239 e. The number of hydrogen-bond acceptors (Lipinski definition) is 4. The first kappa shape index (κ1) is 12.2. The van der Waals surface area contributed by atoms with Gasteiger partial charge in [0.05, 0.1) is 24.6 Å². The molecule has 0 aliphatic heterocycles. The van der Waals surface area contributed by atoms with Gasteiger partial charge in [0.2, 0.25) is 5.88 Å². The zero-order valence-electron chi connectivity index (χ0n) is 10.5. The molecule has 0 fully saturated rings. The maximum Gasteiger partial charge on any atom is 0.239 e. The quantitative estimate of drug-likeness (QED) is 0.742. The van der Waals surface area contributed by atoms with Crippen LogP contribution in [0.4, 0.5) is 0 Å². The van der Waals surface area contributed by atoms with Gasteiger partial charge < -0.3 is 4.74 Å². The molecule has 0 aliphatic rings. The average Bonchev–Trinajstić information content (AvgIpc) is 2.97. The lowest BCUT2D eigenvalue weighted by molar-refractivity contribution is 0.322. The van der Waals surface area contributed by atoms with Crippen molar-refractivity contribution in [1.29, 1.82) is 0 Å². The zero-order chi connectivity index (χ0) is 13.4. The highest BCUT2D eigenvalue weighted by Gasteiger charge is 2.14. The highest BCUT2D eigenvalue weighted by atomic mass is 79.9. The lowest BCUT2D eigenvalue weighted by atomic mass is 10.2. The van der Waals surface area contributed by atoms with Gasteiger partial charge in [-0.3, -0.25) is 4.68 Å². The molecule has 3 rings (SSSR count). The van der Waals surface area contributed by atoms with Gasteiger partial charge in [0, 0.05) is 18.8 Å². The van der Waals surface area contributed by atoms with E-state index < -0.39 is 0 Å². The van der Waals surface area contributed by atoms with Crippen LogP contribution in [-0.2, 0) is 7.05 Å². The van der Waals surface area contributed by atoms with E-state index in [1.54, 1.807) is 21.6 Å². The second-order valence-corrected chi connectivity index (χ2v) is 4.86. The van der Waals surface area contributed by atoms with Crippen LogP contribution >= 0.6 is 15.9 Å². The molecule has 6 nitrogen and oxygen atoms in total. The molecule has 7 heteroatoms. The maximum atomic E-state index is 5.62. The van der Waals surface area contributed by atoms with Crippen molar-refractivity contribution in [1.82, 2.24) is 24.4 Å². The van der Waals surface area contributed by atoms with E-state index in [-0.39, 0.29) is 0 Å². The highest BCUT2D eigenvalue weighted by Crippen LogP contribution is 2.29. The number of nitrogens with zero attached hydrogens (tertiary/aromatic N) is 5. The van der Waals surface area contributed by atoms with E-state index in [1.807, 2.05) is 26.2 Å². The van der Waals surface area contributed by atoms with Crippen molar-refractivity contribution < 1.29 is 4.74 Å². The fourth-order valence-corrected chi connectivity index (χ4v) is 2.24. The van der Waals surface area contributed by atoms with Crippen molar-refractivity contribution >= 4 is 21.6 Å². The predicted octanol–water partition coefficient (Wildman–Crippen LogP) is 2.29. The fraction of sp³-hybridized carbons (Fsp3) is 0.250. The first-order valence-electron chi connectivity index (χ1n) is 5.85. The molecule has 0 aliphatic carbocycles. The Bertz CT molecular complexity index is 733. The Morgan fingerprint density at radius 3 is 2.89 bits per heavy atom.